The third-order valence-corrected chi connectivity index (χ3v) is 6.37. The molecule has 1 aliphatic heterocycles. The van der Waals surface area contributed by atoms with Crippen molar-refractivity contribution in [3.63, 3.8) is 0 Å². The van der Waals surface area contributed by atoms with E-state index in [1.165, 1.54) is 57.8 Å². The molecule has 2 fully saturated rings. The van der Waals surface area contributed by atoms with E-state index in [-0.39, 0.29) is 0 Å². The van der Waals surface area contributed by atoms with Gasteiger partial charge in [-0.2, -0.15) is 5.10 Å². The Kier molecular flexibility index (Phi) is 4.41. The standard InChI is InChI=1S/C18H30N4O/c1-23-13-16-20-17-8-7-14(12-22(17)21-16)19-15-6-2-3-9-18(15)10-4-5-11-18/h14-15,19H,2-13H2,1H3/t14-,15-/m0/s1. The van der Waals surface area contributed by atoms with Crippen LogP contribution in [-0.2, 0) is 24.3 Å². The minimum Gasteiger partial charge on any atom is -0.377 e. The molecule has 23 heavy (non-hydrogen) atoms. The van der Waals surface area contributed by atoms with Gasteiger partial charge in [0.2, 0.25) is 0 Å². The highest BCUT2D eigenvalue weighted by Gasteiger charge is 2.43. The average molecular weight is 318 g/mol. The van der Waals surface area contributed by atoms with Crippen LogP contribution in [0.3, 0.4) is 0 Å². The van der Waals surface area contributed by atoms with Crippen LogP contribution in [0.15, 0.2) is 0 Å². The van der Waals surface area contributed by atoms with Crippen molar-refractivity contribution in [3.8, 4) is 0 Å². The van der Waals surface area contributed by atoms with Crippen LogP contribution in [0.25, 0.3) is 0 Å². The summed E-state index contributed by atoms with van der Waals surface area (Å²) in [6.07, 6.45) is 13.7. The molecule has 2 atom stereocenters. The summed E-state index contributed by atoms with van der Waals surface area (Å²) in [4.78, 5) is 4.59. The predicted molar refractivity (Wildman–Crippen MR) is 89.1 cm³/mol. The molecule has 0 saturated heterocycles. The van der Waals surface area contributed by atoms with Gasteiger partial charge in [0.15, 0.2) is 5.82 Å². The molecule has 0 bridgehead atoms. The minimum atomic E-state index is 0.518. The molecule has 1 spiro atoms. The maximum atomic E-state index is 5.16. The Balaban J connectivity index is 1.42. The second kappa shape index (κ2) is 6.52. The summed E-state index contributed by atoms with van der Waals surface area (Å²) in [6.45, 7) is 1.49. The van der Waals surface area contributed by atoms with Crippen molar-refractivity contribution in [1.82, 2.24) is 20.1 Å². The maximum Gasteiger partial charge on any atom is 0.176 e. The summed E-state index contributed by atoms with van der Waals surface area (Å²) < 4.78 is 7.27. The number of methoxy groups -OCH3 is 1. The molecule has 0 aromatic carbocycles. The van der Waals surface area contributed by atoms with E-state index in [0.29, 0.717) is 18.1 Å². The van der Waals surface area contributed by atoms with Gasteiger partial charge >= 0.3 is 0 Å². The largest absolute Gasteiger partial charge is 0.377 e. The van der Waals surface area contributed by atoms with E-state index in [4.69, 9.17) is 4.74 Å². The second-order valence-electron chi connectivity index (χ2n) is 7.83. The monoisotopic (exact) mass is 318 g/mol. The lowest BCUT2D eigenvalue weighted by Gasteiger charge is -2.44. The zero-order valence-electron chi connectivity index (χ0n) is 14.4. The van der Waals surface area contributed by atoms with Gasteiger partial charge in [-0.25, -0.2) is 9.67 Å². The number of fused-ring (bicyclic) bond motifs is 1. The zero-order valence-corrected chi connectivity index (χ0v) is 14.4. The Hall–Kier alpha value is -0.940. The summed E-state index contributed by atoms with van der Waals surface area (Å²) in [5, 5.41) is 8.67. The quantitative estimate of drug-likeness (QED) is 0.927. The summed E-state index contributed by atoms with van der Waals surface area (Å²) in [7, 11) is 1.70. The fourth-order valence-electron chi connectivity index (χ4n) is 5.22. The molecular weight excluding hydrogens is 288 g/mol. The van der Waals surface area contributed by atoms with E-state index < -0.39 is 0 Å². The Bertz CT molecular complexity index is 535. The van der Waals surface area contributed by atoms with Gasteiger partial charge in [-0.15, -0.1) is 0 Å². The minimum absolute atomic E-state index is 0.518. The topological polar surface area (TPSA) is 52.0 Å². The molecule has 1 aromatic heterocycles. The summed E-state index contributed by atoms with van der Waals surface area (Å²) >= 11 is 0. The van der Waals surface area contributed by atoms with Gasteiger partial charge in [-0.05, 0) is 37.5 Å². The second-order valence-corrected chi connectivity index (χ2v) is 7.83. The molecule has 1 N–H and O–H groups in total. The molecule has 2 saturated carbocycles. The molecule has 0 unspecified atom stereocenters. The van der Waals surface area contributed by atoms with E-state index in [9.17, 15) is 0 Å². The van der Waals surface area contributed by atoms with Crippen LogP contribution in [0.4, 0.5) is 0 Å². The van der Waals surface area contributed by atoms with Crippen molar-refractivity contribution < 1.29 is 4.74 Å². The van der Waals surface area contributed by atoms with Crippen molar-refractivity contribution in [2.75, 3.05) is 7.11 Å². The van der Waals surface area contributed by atoms with Crippen molar-refractivity contribution in [2.24, 2.45) is 5.41 Å². The van der Waals surface area contributed by atoms with Crippen LogP contribution < -0.4 is 5.32 Å². The number of rotatable bonds is 4. The first-order valence-electron chi connectivity index (χ1n) is 9.47. The maximum absolute atomic E-state index is 5.16. The SMILES string of the molecule is COCc1nc2n(n1)C[C@@H](N[C@H]1CCCCC13CCCC3)CC2. The molecular formula is C18H30N4O. The highest BCUT2D eigenvalue weighted by Crippen LogP contribution is 2.49. The van der Waals surface area contributed by atoms with E-state index in [1.807, 2.05) is 0 Å². The van der Waals surface area contributed by atoms with Crippen LogP contribution in [0, 0.1) is 5.41 Å². The van der Waals surface area contributed by atoms with Crippen molar-refractivity contribution in [3.05, 3.63) is 11.6 Å². The first-order valence-corrected chi connectivity index (χ1v) is 9.47. The normalized spacial score (nSPS) is 29.8. The van der Waals surface area contributed by atoms with Gasteiger partial charge in [0, 0.05) is 25.6 Å². The van der Waals surface area contributed by atoms with E-state index in [2.05, 4.69) is 20.1 Å². The van der Waals surface area contributed by atoms with Crippen molar-refractivity contribution in [2.45, 2.75) is 89.4 Å². The van der Waals surface area contributed by atoms with Crippen LogP contribution >= 0.6 is 0 Å². The predicted octanol–water partition coefficient (Wildman–Crippen LogP) is 2.83. The third kappa shape index (κ3) is 3.05. The summed E-state index contributed by atoms with van der Waals surface area (Å²) in [5.41, 5.74) is 0.613. The number of hydrogen-bond donors (Lipinski definition) is 1. The average Bonchev–Trinajstić information content (AvgIpc) is 3.17. The molecule has 2 heterocycles. The Labute approximate surface area is 139 Å². The van der Waals surface area contributed by atoms with Gasteiger partial charge in [-0.1, -0.05) is 25.7 Å². The molecule has 1 aromatic rings. The summed E-state index contributed by atoms with van der Waals surface area (Å²) in [5.74, 6) is 1.96. The smallest absolute Gasteiger partial charge is 0.176 e. The lowest BCUT2D eigenvalue weighted by Crippen LogP contribution is -2.52. The number of aromatic nitrogens is 3. The van der Waals surface area contributed by atoms with Crippen molar-refractivity contribution >= 4 is 0 Å². The van der Waals surface area contributed by atoms with E-state index >= 15 is 0 Å². The van der Waals surface area contributed by atoms with Gasteiger partial charge in [0.05, 0.1) is 6.54 Å². The van der Waals surface area contributed by atoms with Crippen LogP contribution in [0.1, 0.15) is 69.4 Å². The van der Waals surface area contributed by atoms with Crippen LogP contribution in [0.5, 0.6) is 0 Å². The first-order chi connectivity index (χ1) is 11.3. The summed E-state index contributed by atoms with van der Waals surface area (Å²) in [6, 6.07) is 1.28. The lowest BCUT2D eigenvalue weighted by atomic mass is 9.69. The molecule has 0 amide bonds. The first kappa shape index (κ1) is 15.6. The fraction of sp³-hybridized carbons (Fsp3) is 0.889. The van der Waals surface area contributed by atoms with E-state index in [0.717, 1.165) is 30.7 Å². The van der Waals surface area contributed by atoms with Crippen LogP contribution in [-0.4, -0.2) is 34.0 Å². The third-order valence-electron chi connectivity index (χ3n) is 6.37. The molecule has 5 nitrogen and oxygen atoms in total. The van der Waals surface area contributed by atoms with Crippen LogP contribution in [0.2, 0.25) is 0 Å². The fourth-order valence-corrected chi connectivity index (χ4v) is 5.22. The number of nitrogens with one attached hydrogen (secondary N) is 1. The van der Waals surface area contributed by atoms with Gasteiger partial charge in [0.25, 0.3) is 0 Å². The number of aryl methyl sites for hydroxylation is 1. The molecule has 2 aliphatic carbocycles. The number of ether oxygens (including phenoxy) is 1. The molecule has 128 valence electrons. The van der Waals surface area contributed by atoms with Gasteiger partial charge in [0.1, 0.15) is 12.4 Å². The Morgan fingerprint density at radius 2 is 1.96 bits per heavy atom. The molecule has 0 radical (unpaired) electrons. The zero-order chi connectivity index (χ0) is 15.7. The lowest BCUT2D eigenvalue weighted by molar-refractivity contribution is 0.113. The highest BCUT2D eigenvalue weighted by molar-refractivity contribution is 5.01. The van der Waals surface area contributed by atoms with E-state index in [1.54, 1.807) is 7.11 Å². The highest BCUT2D eigenvalue weighted by atomic mass is 16.5. The Morgan fingerprint density at radius 3 is 2.74 bits per heavy atom. The van der Waals surface area contributed by atoms with Gasteiger partial charge in [-0.3, -0.25) is 0 Å². The van der Waals surface area contributed by atoms with Crippen molar-refractivity contribution in [1.29, 1.82) is 0 Å². The van der Waals surface area contributed by atoms with Gasteiger partial charge < -0.3 is 10.1 Å². The molecule has 4 rings (SSSR count). The molecule has 5 heteroatoms. The number of nitrogens with zero attached hydrogens (tertiary/aromatic N) is 3. The Morgan fingerprint density at radius 1 is 1.17 bits per heavy atom. The number of hydrogen-bond acceptors (Lipinski definition) is 4. The molecule has 3 aliphatic rings.